The molecule has 6 heteroatoms. The van der Waals surface area contributed by atoms with E-state index < -0.39 is 0 Å². The molecule has 5 nitrogen and oxygen atoms in total. The molecule has 0 atom stereocenters. The molecule has 0 saturated carbocycles. The van der Waals surface area contributed by atoms with E-state index in [1.165, 1.54) is 0 Å². The van der Waals surface area contributed by atoms with Gasteiger partial charge in [-0.3, -0.25) is 0 Å². The van der Waals surface area contributed by atoms with Crippen LogP contribution in [0.5, 0.6) is 0 Å². The van der Waals surface area contributed by atoms with E-state index in [1.807, 2.05) is 36.5 Å². The van der Waals surface area contributed by atoms with Crippen molar-refractivity contribution in [2.24, 2.45) is 0 Å². The summed E-state index contributed by atoms with van der Waals surface area (Å²) in [5, 5.41) is 3.27. The first kappa shape index (κ1) is 15.2. The van der Waals surface area contributed by atoms with E-state index in [2.05, 4.69) is 47.9 Å². The standard InChI is InChI=1S/C16H20BrN5/c1-2-21-9-11-22(12-10-21)15-7-8-18-16(20-15)19-14-6-4-3-5-13(14)17/h3-8H,2,9-12H2,1H3,(H,18,19,20). The number of rotatable bonds is 4. The topological polar surface area (TPSA) is 44.3 Å². The van der Waals surface area contributed by atoms with Gasteiger partial charge in [0.25, 0.3) is 0 Å². The molecule has 116 valence electrons. The van der Waals surface area contributed by atoms with Gasteiger partial charge in [0.1, 0.15) is 5.82 Å². The van der Waals surface area contributed by atoms with Gasteiger partial charge in [-0.2, -0.15) is 4.98 Å². The maximum Gasteiger partial charge on any atom is 0.229 e. The molecular weight excluding hydrogens is 342 g/mol. The number of para-hydroxylation sites is 1. The minimum atomic E-state index is 0.627. The van der Waals surface area contributed by atoms with Gasteiger partial charge in [0.15, 0.2) is 0 Å². The monoisotopic (exact) mass is 361 g/mol. The van der Waals surface area contributed by atoms with E-state index in [0.717, 1.165) is 48.7 Å². The lowest BCUT2D eigenvalue weighted by atomic mass is 10.3. The second kappa shape index (κ2) is 7.07. The third kappa shape index (κ3) is 3.56. The average molecular weight is 362 g/mol. The Morgan fingerprint density at radius 3 is 2.64 bits per heavy atom. The van der Waals surface area contributed by atoms with Gasteiger partial charge in [-0.05, 0) is 40.7 Å². The lowest BCUT2D eigenvalue weighted by Gasteiger charge is -2.34. The maximum atomic E-state index is 4.65. The number of halogens is 1. The Labute approximate surface area is 139 Å². The van der Waals surface area contributed by atoms with Gasteiger partial charge >= 0.3 is 0 Å². The number of piperazine rings is 1. The fraction of sp³-hybridized carbons (Fsp3) is 0.375. The van der Waals surface area contributed by atoms with Crippen LogP contribution in [0.3, 0.4) is 0 Å². The van der Waals surface area contributed by atoms with E-state index in [-0.39, 0.29) is 0 Å². The van der Waals surface area contributed by atoms with Crippen LogP contribution in [0.4, 0.5) is 17.5 Å². The maximum absolute atomic E-state index is 4.65. The van der Waals surface area contributed by atoms with Crippen LogP contribution in [-0.4, -0.2) is 47.6 Å². The molecule has 2 aromatic rings. The van der Waals surface area contributed by atoms with Crippen molar-refractivity contribution in [3.63, 3.8) is 0 Å². The summed E-state index contributed by atoms with van der Waals surface area (Å²) in [6.45, 7) is 7.53. The first-order chi connectivity index (χ1) is 10.8. The largest absolute Gasteiger partial charge is 0.354 e. The molecule has 0 amide bonds. The average Bonchev–Trinajstić information content (AvgIpc) is 2.57. The Bertz CT molecular complexity index is 625. The van der Waals surface area contributed by atoms with Crippen LogP contribution in [0, 0.1) is 0 Å². The van der Waals surface area contributed by atoms with Crippen molar-refractivity contribution in [3.8, 4) is 0 Å². The Morgan fingerprint density at radius 1 is 1.14 bits per heavy atom. The number of hydrogen-bond donors (Lipinski definition) is 1. The SMILES string of the molecule is CCN1CCN(c2ccnc(Nc3ccccc3Br)n2)CC1. The predicted molar refractivity (Wildman–Crippen MR) is 93.8 cm³/mol. The number of nitrogens with zero attached hydrogens (tertiary/aromatic N) is 4. The minimum absolute atomic E-state index is 0.627. The molecule has 0 radical (unpaired) electrons. The molecule has 0 bridgehead atoms. The summed E-state index contributed by atoms with van der Waals surface area (Å²) in [5.74, 6) is 1.61. The third-order valence-corrected chi connectivity index (χ3v) is 4.60. The summed E-state index contributed by atoms with van der Waals surface area (Å²) >= 11 is 3.53. The van der Waals surface area contributed by atoms with E-state index in [0.29, 0.717) is 5.95 Å². The van der Waals surface area contributed by atoms with E-state index in [9.17, 15) is 0 Å². The van der Waals surface area contributed by atoms with Crippen LogP contribution in [0.25, 0.3) is 0 Å². The normalized spacial score (nSPS) is 15.8. The van der Waals surface area contributed by atoms with Crippen LogP contribution >= 0.6 is 15.9 Å². The molecule has 1 aromatic heterocycles. The van der Waals surface area contributed by atoms with Crippen molar-refractivity contribution in [1.29, 1.82) is 0 Å². The van der Waals surface area contributed by atoms with Crippen LogP contribution in [0.2, 0.25) is 0 Å². The highest BCUT2D eigenvalue weighted by Crippen LogP contribution is 2.24. The van der Waals surface area contributed by atoms with Gasteiger partial charge in [-0.25, -0.2) is 4.98 Å². The zero-order valence-electron chi connectivity index (χ0n) is 12.7. The summed E-state index contributed by atoms with van der Waals surface area (Å²) in [5.41, 5.74) is 0.968. The smallest absolute Gasteiger partial charge is 0.229 e. The molecule has 0 aliphatic carbocycles. The fourth-order valence-corrected chi connectivity index (χ4v) is 2.95. The first-order valence-electron chi connectivity index (χ1n) is 7.58. The van der Waals surface area contributed by atoms with Crippen LogP contribution in [-0.2, 0) is 0 Å². The van der Waals surface area contributed by atoms with Crippen molar-refractivity contribution >= 4 is 33.4 Å². The van der Waals surface area contributed by atoms with Gasteiger partial charge in [-0.1, -0.05) is 19.1 Å². The quantitative estimate of drug-likeness (QED) is 0.906. The molecule has 22 heavy (non-hydrogen) atoms. The zero-order valence-corrected chi connectivity index (χ0v) is 14.3. The lowest BCUT2D eigenvalue weighted by Crippen LogP contribution is -2.46. The molecule has 1 aromatic carbocycles. The van der Waals surface area contributed by atoms with Gasteiger partial charge in [-0.15, -0.1) is 0 Å². The molecule has 2 heterocycles. The van der Waals surface area contributed by atoms with Gasteiger partial charge in [0.05, 0.1) is 5.69 Å². The van der Waals surface area contributed by atoms with Crippen LogP contribution < -0.4 is 10.2 Å². The van der Waals surface area contributed by atoms with Crippen molar-refractivity contribution < 1.29 is 0 Å². The van der Waals surface area contributed by atoms with E-state index in [4.69, 9.17) is 0 Å². The van der Waals surface area contributed by atoms with Gasteiger partial charge in [0, 0.05) is 36.8 Å². The first-order valence-corrected chi connectivity index (χ1v) is 8.37. The molecule has 1 aliphatic rings. The summed E-state index contributed by atoms with van der Waals surface area (Å²) in [4.78, 5) is 13.7. The molecule has 0 unspecified atom stereocenters. The number of nitrogens with one attached hydrogen (secondary N) is 1. The number of benzene rings is 1. The number of likely N-dealkylation sites (N-methyl/N-ethyl adjacent to an activating group) is 1. The van der Waals surface area contributed by atoms with Crippen LogP contribution in [0.1, 0.15) is 6.92 Å². The molecule has 1 N–H and O–H groups in total. The molecule has 3 rings (SSSR count). The summed E-state index contributed by atoms with van der Waals surface area (Å²) in [6, 6.07) is 9.95. The summed E-state index contributed by atoms with van der Waals surface area (Å²) in [6.07, 6.45) is 1.81. The number of anilines is 3. The molecule has 0 spiro atoms. The lowest BCUT2D eigenvalue weighted by molar-refractivity contribution is 0.270. The van der Waals surface area contributed by atoms with Crippen molar-refractivity contribution in [2.75, 3.05) is 42.9 Å². The third-order valence-electron chi connectivity index (χ3n) is 3.90. The predicted octanol–water partition coefficient (Wildman–Crippen LogP) is 3.12. The van der Waals surface area contributed by atoms with Gasteiger partial charge < -0.3 is 15.1 Å². The second-order valence-corrected chi connectivity index (χ2v) is 6.12. The molecular formula is C16H20BrN5. The highest BCUT2D eigenvalue weighted by atomic mass is 79.9. The van der Waals surface area contributed by atoms with Gasteiger partial charge in [0.2, 0.25) is 5.95 Å². The Hall–Kier alpha value is -1.66. The Kier molecular flexibility index (Phi) is 4.90. The van der Waals surface area contributed by atoms with Crippen molar-refractivity contribution in [1.82, 2.24) is 14.9 Å². The molecule has 1 aliphatic heterocycles. The fourth-order valence-electron chi connectivity index (χ4n) is 2.56. The van der Waals surface area contributed by atoms with Crippen molar-refractivity contribution in [3.05, 3.63) is 41.0 Å². The molecule has 1 fully saturated rings. The van der Waals surface area contributed by atoms with Crippen molar-refractivity contribution in [2.45, 2.75) is 6.92 Å². The number of aromatic nitrogens is 2. The Balaban J connectivity index is 1.72. The summed E-state index contributed by atoms with van der Waals surface area (Å²) < 4.78 is 1.00. The highest BCUT2D eigenvalue weighted by Gasteiger charge is 2.17. The zero-order chi connectivity index (χ0) is 15.4. The van der Waals surface area contributed by atoms with Crippen LogP contribution in [0.15, 0.2) is 41.0 Å². The van der Waals surface area contributed by atoms with E-state index >= 15 is 0 Å². The highest BCUT2D eigenvalue weighted by molar-refractivity contribution is 9.10. The minimum Gasteiger partial charge on any atom is -0.354 e. The number of hydrogen-bond acceptors (Lipinski definition) is 5. The second-order valence-electron chi connectivity index (χ2n) is 5.26. The van der Waals surface area contributed by atoms with E-state index in [1.54, 1.807) is 0 Å². The Morgan fingerprint density at radius 2 is 1.91 bits per heavy atom. The summed E-state index contributed by atoms with van der Waals surface area (Å²) in [7, 11) is 0. The molecule has 1 saturated heterocycles.